The van der Waals surface area contributed by atoms with Crippen molar-refractivity contribution in [1.29, 1.82) is 0 Å². The number of fused-ring (bicyclic) bond motifs is 1. The highest BCUT2D eigenvalue weighted by atomic mass is 16.2. The van der Waals surface area contributed by atoms with Gasteiger partial charge in [-0.25, -0.2) is 9.48 Å². The summed E-state index contributed by atoms with van der Waals surface area (Å²) in [6, 6.07) is 12.4. The predicted molar refractivity (Wildman–Crippen MR) is 106 cm³/mol. The van der Waals surface area contributed by atoms with Gasteiger partial charge in [-0.2, -0.15) is 0 Å². The van der Waals surface area contributed by atoms with E-state index in [0.717, 1.165) is 16.8 Å². The Labute approximate surface area is 157 Å². The number of amides is 2. The Morgan fingerprint density at radius 2 is 1.96 bits per heavy atom. The van der Waals surface area contributed by atoms with Crippen molar-refractivity contribution in [3.8, 4) is 0 Å². The van der Waals surface area contributed by atoms with E-state index in [9.17, 15) is 9.59 Å². The zero-order valence-electron chi connectivity index (χ0n) is 15.7. The molecule has 0 saturated heterocycles. The molecule has 0 aliphatic carbocycles. The number of nitrogens with zero attached hydrogens (tertiary/aromatic N) is 3. The lowest BCUT2D eigenvalue weighted by molar-refractivity contribution is 0.245. The van der Waals surface area contributed by atoms with E-state index in [1.54, 1.807) is 18.2 Å². The summed E-state index contributed by atoms with van der Waals surface area (Å²) in [6.07, 6.45) is 0.654. The lowest BCUT2D eigenvalue weighted by atomic mass is 10.1. The summed E-state index contributed by atoms with van der Waals surface area (Å²) in [4.78, 5) is 24.9. The molecule has 3 rings (SSSR count). The second kappa shape index (κ2) is 7.99. The molecule has 140 valence electrons. The van der Waals surface area contributed by atoms with Crippen LogP contribution >= 0.6 is 0 Å². The fourth-order valence-corrected chi connectivity index (χ4v) is 2.93. The molecule has 0 aliphatic rings. The number of carbonyl (C=O) groups is 1. The second-order valence-electron chi connectivity index (χ2n) is 6.62. The Bertz CT molecular complexity index is 1030. The smallest absolute Gasteiger partial charge is 0.319 e. The van der Waals surface area contributed by atoms with Gasteiger partial charge in [0.15, 0.2) is 0 Å². The third kappa shape index (κ3) is 4.31. The van der Waals surface area contributed by atoms with E-state index in [1.165, 1.54) is 4.68 Å². The number of aromatic nitrogens is 3. The number of urea groups is 1. The molecule has 1 unspecified atom stereocenters. The third-order valence-corrected chi connectivity index (χ3v) is 4.48. The standard InChI is InChI=1S/C20H23N5O2/c1-4-15(21-20(27)22-17-10-9-13(2)11-14(17)3)12-25-19(26)16-7-5-6-8-18(16)23-24-25/h5-11,15H,4,12H2,1-3H3,(H2,21,22,27). The van der Waals surface area contributed by atoms with Gasteiger partial charge in [-0.15, -0.1) is 5.10 Å². The molecule has 3 aromatic rings. The molecule has 7 heteroatoms. The normalized spacial score (nSPS) is 12.0. The minimum absolute atomic E-state index is 0.212. The van der Waals surface area contributed by atoms with E-state index in [-0.39, 0.29) is 24.2 Å². The van der Waals surface area contributed by atoms with Gasteiger partial charge in [-0.3, -0.25) is 4.79 Å². The lowest BCUT2D eigenvalue weighted by Crippen LogP contribution is -2.42. The van der Waals surface area contributed by atoms with Crippen molar-refractivity contribution in [3.05, 3.63) is 63.9 Å². The van der Waals surface area contributed by atoms with Crippen LogP contribution in [0.4, 0.5) is 10.5 Å². The molecule has 1 aromatic heterocycles. The first kappa shape index (κ1) is 18.6. The molecule has 2 amide bonds. The molecule has 1 heterocycles. The number of benzene rings is 2. The van der Waals surface area contributed by atoms with E-state index < -0.39 is 0 Å². The highest BCUT2D eigenvalue weighted by Gasteiger charge is 2.14. The van der Waals surface area contributed by atoms with Crippen LogP contribution in [0.15, 0.2) is 47.3 Å². The molecule has 0 aliphatic heterocycles. The first-order valence-corrected chi connectivity index (χ1v) is 8.95. The second-order valence-corrected chi connectivity index (χ2v) is 6.62. The molecule has 0 bridgehead atoms. The predicted octanol–water partition coefficient (Wildman–Crippen LogP) is 3.01. The average Bonchev–Trinajstić information content (AvgIpc) is 2.65. The van der Waals surface area contributed by atoms with Gasteiger partial charge in [0.2, 0.25) is 0 Å². The van der Waals surface area contributed by atoms with Crippen LogP contribution in [0.3, 0.4) is 0 Å². The number of rotatable bonds is 5. The van der Waals surface area contributed by atoms with Crippen molar-refractivity contribution >= 4 is 22.6 Å². The molecular weight excluding hydrogens is 342 g/mol. The summed E-state index contributed by atoms with van der Waals surface area (Å²) in [6.45, 7) is 6.16. The van der Waals surface area contributed by atoms with E-state index in [1.807, 2.05) is 45.0 Å². The average molecular weight is 365 g/mol. The highest BCUT2D eigenvalue weighted by Crippen LogP contribution is 2.15. The van der Waals surface area contributed by atoms with Crippen molar-refractivity contribution in [2.24, 2.45) is 0 Å². The molecular formula is C20H23N5O2. The monoisotopic (exact) mass is 365 g/mol. The minimum atomic E-state index is -0.310. The molecule has 2 aromatic carbocycles. The molecule has 1 atom stereocenters. The fraction of sp³-hybridized carbons (Fsp3) is 0.300. The zero-order valence-corrected chi connectivity index (χ0v) is 15.7. The molecule has 0 saturated carbocycles. The molecule has 2 N–H and O–H groups in total. The van der Waals surface area contributed by atoms with Crippen LogP contribution < -0.4 is 16.2 Å². The number of anilines is 1. The summed E-state index contributed by atoms with van der Waals surface area (Å²) in [5.41, 5.74) is 3.24. The SMILES string of the molecule is CCC(Cn1nnc2ccccc2c1=O)NC(=O)Nc1ccc(C)cc1C. The van der Waals surface area contributed by atoms with E-state index >= 15 is 0 Å². The maximum Gasteiger partial charge on any atom is 0.319 e. The quantitative estimate of drug-likeness (QED) is 0.727. The van der Waals surface area contributed by atoms with Gasteiger partial charge in [0.05, 0.1) is 18.0 Å². The Balaban J connectivity index is 1.71. The number of aryl methyl sites for hydroxylation is 2. The van der Waals surface area contributed by atoms with Crippen molar-refractivity contribution in [1.82, 2.24) is 20.3 Å². The van der Waals surface area contributed by atoms with Crippen molar-refractivity contribution in [2.75, 3.05) is 5.32 Å². The van der Waals surface area contributed by atoms with Crippen LogP contribution in [0, 0.1) is 13.8 Å². The summed E-state index contributed by atoms with van der Waals surface area (Å²) in [5, 5.41) is 14.4. The van der Waals surface area contributed by atoms with Gasteiger partial charge < -0.3 is 10.6 Å². The summed E-state index contributed by atoms with van der Waals surface area (Å²) in [7, 11) is 0. The number of hydrogen-bond donors (Lipinski definition) is 2. The van der Waals surface area contributed by atoms with Gasteiger partial charge in [0.1, 0.15) is 5.52 Å². The first-order valence-electron chi connectivity index (χ1n) is 8.95. The number of hydrogen-bond acceptors (Lipinski definition) is 4. The minimum Gasteiger partial charge on any atom is -0.333 e. The molecule has 0 fully saturated rings. The fourth-order valence-electron chi connectivity index (χ4n) is 2.93. The van der Waals surface area contributed by atoms with E-state index in [2.05, 4.69) is 20.9 Å². The molecule has 7 nitrogen and oxygen atoms in total. The summed E-state index contributed by atoms with van der Waals surface area (Å²) >= 11 is 0. The van der Waals surface area contributed by atoms with Crippen molar-refractivity contribution in [3.63, 3.8) is 0 Å². The van der Waals surface area contributed by atoms with Crippen LogP contribution in [-0.4, -0.2) is 27.1 Å². The van der Waals surface area contributed by atoms with Gasteiger partial charge in [0, 0.05) is 5.69 Å². The van der Waals surface area contributed by atoms with Gasteiger partial charge >= 0.3 is 6.03 Å². The van der Waals surface area contributed by atoms with Gasteiger partial charge in [-0.05, 0) is 44.0 Å². The summed E-state index contributed by atoms with van der Waals surface area (Å²) < 4.78 is 1.30. The van der Waals surface area contributed by atoms with Crippen LogP contribution in [0.2, 0.25) is 0 Å². The maximum absolute atomic E-state index is 12.6. The van der Waals surface area contributed by atoms with Crippen LogP contribution in [0.25, 0.3) is 10.9 Å². The van der Waals surface area contributed by atoms with E-state index in [0.29, 0.717) is 17.3 Å². The van der Waals surface area contributed by atoms with Crippen molar-refractivity contribution < 1.29 is 4.79 Å². The van der Waals surface area contributed by atoms with Crippen LogP contribution in [-0.2, 0) is 6.54 Å². The zero-order chi connectivity index (χ0) is 19.4. The number of carbonyl (C=O) groups excluding carboxylic acids is 1. The van der Waals surface area contributed by atoms with Crippen LogP contribution in [0.1, 0.15) is 24.5 Å². The molecule has 27 heavy (non-hydrogen) atoms. The topological polar surface area (TPSA) is 88.9 Å². The summed E-state index contributed by atoms with van der Waals surface area (Å²) in [5.74, 6) is 0. The Hall–Kier alpha value is -3.22. The van der Waals surface area contributed by atoms with Gasteiger partial charge in [0.25, 0.3) is 5.56 Å². The molecule has 0 radical (unpaired) electrons. The third-order valence-electron chi connectivity index (χ3n) is 4.48. The largest absolute Gasteiger partial charge is 0.333 e. The highest BCUT2D eigenvalue weighted by molar-refractivity contribution is 5.90. The first-order chi connectivity index (χ1) is 13.0. The Morgan fingerprint density at radius 1 is 1.19 bits per heavy atom. The Kier molecular flexibility index (Phi) is 5.49. The van der Waals surface area contributed by atoms with Gasteiger partial charge in [-0.1, -0.05) is 42.0 Å². The number of nitrogens with one attached hydrogen (secondary N) is 2. The Morgan fingerprint density at radius 3 is 2.70 bits per heavy atom. The van der Waals surface area contributed by atoms with Crippen molar-refractivity contribution in [2.45, 2.75) is 39.8 Å². The molecule has 0 spiro atoms. The van der Waals surface area contributed by atoms with Crippen LogP contribution in [0.5, 0.6) is 0 Å². The van der Waals surface area contributed by atoms with E-state index in [4.69, 9.17) is 0 Å². The maximum atomic E-state index is 12.6. The lowest BCUT2D eigenvalue weighted by Gasteiger charge is -2.18.